The first-order valence-electron chi connectivity index (χ1n) is 4.60. The number of aromatic nitrogens is 1. The van der Waals surface area contributed by atoms with Crippen molar-refractivity contribution >= 4 is 28.9 Å². The molecule has 0 atom stereocenters. The highest BCUT2D eigenvalue weighted by atomic mass is 35.5. The molecule has 0 unspecified atom stereocenters. The minimum absolute atomic E-state index is 0.147. The number of hydrogen-bond acceptors (Lipinski definition) is 4. The minimum atomic E-state index is -0.589. The van der Waals surface area contributed by atoms with Gasteiger partial charge in [0.25, 0.3) is 0 Å². The maximum Gasteiger partial charge on any atom is 0.337 e. The van der Waals surface area contributed by atoms with E-state index >= 15 is 0 Å². The number of benzene rings is 1. The van der Waals surface area contributed by atoms with E-state index in [1.165, 1.54) is 30.6 Å². The Morgan fingerprint density at radius 1 is 1.47 bits per heavy atom. The Bertz CT molecular complexity index is 570. The van der Waals surface area contributed by atoms with Crippen LogP contribution in [0.3, 0.4) is 0 Å². The molecule has 2 aromatic rings. The summed E-state index contributed by atoms with van der Waals surface area (Å²) in [5.41, 5.74) is 0.649. The monoisotopic (exact) mass is 271 g/mol. The maximum atomic E-state index is 13.4. The zero-order valence-electron chi connectivity index (χ0n) is 8.74. The molecule has 88 valence electrons. The smallest absolute Gasteiger partial charge is 0.337 e. The molecule has 0 saturated heterocycles. The predicted octanol–water partition coefficient (Wildman–Crippen LogP) is 3.39. The van der Waals surface area contributed by atoms with Crippen molar-refractivity contribution < 1.29 is 13.9 Å². The highest BCUT2D eigenvalue weighted by Crippen LogP contribution is 2.27. The molecule has 0 amide bonds. The van der Waals surface area contributed by atoms with E-state index in [4.69, 9.17) is 11.6 Å². The third-order valence-electron chi connectivity index (χ3n) is 2.04. The molecule has 0 aliphatic rings. The van der Waals surface area contributed by atoms with Crippen LogP contribution in [0.2, 0.25) is 5.15 Å². The second-order valence-corrected chi connectivity index (χ2v) is 4.44. The van der Waals surface area contributed by atoms with Gasteiger partial charge in [0.2, 0.25) is 0 Å². The summed E-state index contributed by atoms with van der Waals surface area (Å²) in [6.45, 7) is 0. The van der Waals surface area contributed by atoms with Gasteiger partial charge in [-0.2, -0.15) is 0 Å². The molecule has 17 heavy (non-hydrogen) atoms. The molecule has 0 saturated carbocycles. The van der Waals surface area contributed by atoms with Crippen LogP contribution in [0.1, 0.15) is 10.4 Å². The van der Waals surface area contributed by atoms with E-state index in [2.05, 4.69) is 9.72 Å². The molecule has 0 N–H and O–H groups in total. The summed E-state index contributed by atoms with van der Waals surface area (Å²) in [5.74, 6) is -1.11. The Morgan fingerprint density at radius 2 is 2.24 bits per heavy atom. The fraction of sp³-hybridized carbons (Fsp3) is 0.0909. The quantitative estimate of drug-likeness (QED) is 0.786. The first-order valence-corrected chi connectivity index (χ1v) is 5.86. The van der Waals surface area contributed by atoms with Crippen LogP contribution in [0.5, 0.6) is 0 Å². The van der Waals surface area contributed by atoms with Gasteiger partial charge in [-0.15, -0.1) is 11.3 Å². The first kappa shape index (κ1) is 12.0. The molecule has 0 aliphatic carbocycles. The predicted molar refractivity (Wildman–Crippen MR) is 63.9 cm³/mol. The number of ether oxygens (including phenoxy) is 1. The van der Waals surface area contributed by atoms with Gasteiger partial charge >= 0.3 is 5.97 Å². The van der Waals surface area contributed by atoms with Crippen molar-refractivity contribution in [2.75, 3.05) is 7.11 Å². The highest BCUT2D eigenvalue weighted by Gasteiger charge is 2.11. The Morgan fingerprint density at radius 3 is 2.82 bits per heavy atom. The van der Waals surface area contributed by atoms with E-state index < -0.39 is 11.8 Å². The third-order valence-corrected chi connectivity index (χ3v) is 3.26. The zero-order valence-corrected chi connectivity index (χ0v) is 10.3. The summed E-state index contributed by atoms with van der Waals surface area (Å²) in [6, 6.07) is 3.93. The highest BCUT2D eigenvalue weighted by molar-refractivity contribution is 7.13. The van der Waals surface area contributed by atoms with Gasteiger partial charge in [-0.3, -0.25) is 0 Å². The van der Waals surface area contributed by atoms with Crippen LogP contribution in [0.15, 0.2) is 23.6 Å². The number of nitrogens with zero attached hydrogens (tertiary/aromatic N) is 1. The lowest BCUT2D eigenvalue weighted by Crippen LogP contribution is -2.02. The number of carbonyl (C=O) groups is 1. The molecule has 1 aromatic carbocycles. The van der Waals surface area contributed by atoms with Crippen LogP contribution in [-0.2, 0) is 4.74 Å². The fourth-order valence-electron chi connectivity index (χ4n) is 1.34. The Labute approximate surface area is 106 Å². The van der Waals surface area contributed by atoms with Crippen molar-refractivity contribution in [2.24, 2.45) is 0 Å². The van der Waals surface area contributed by atoms with Crippen molar-refractivity contribution in [1.29, 1.82) is 0 Å². The number of halogens is 2. The van der Waals surface area contributed by atoms with Crippen LogP contribution in [0, 0.1) is 5.82 Å². The first-order chi connectivity index (χ1) is 8.10. The summed E-state index contributed by atoms with van der Waals surface area (Å²) in [4.78, 5) is 15.3. The summed E-state index contributed by atoms with van der Waals surface area (Å²) in [7, 11) is 1.24. The molecule has 3 nitrogen and oxygen atoms in total. The standard InChI is InChI=1S/C11H7ClFNO2S/c1-16-11(15)7-2-6(3-8(13)4-7)10-14-9(12)5-17-10/h2-5H,1H3. The van der Waals surface area contributed by atoms with Crippen molar-refractivity contribution in [2.45, 2.75) is 0 Å². The number of carbonyl (C=O) groups excluding carboxylic acids is 1. The van der Waals surface area contributed by atoms with Crippen molar-refractivity contribution in [1.82, 2.24) is 4.98 Å². The van der Waals surface area contributed by atoms with Crippen LogP contribution < -0.4 is 0 Å². The van der Waals surface area contributed by atoms with Crippen molar-refractivity contribution in [3.63, 3.8) is 0 Å². The van der Waals surface area contributed by atoms with Gasteiger partial charge in [0, 0.05) is 10.9 Å². The van der Waals surface area contributed by atoms with E-state index in [0.717, 1.165) is 6.07 Å². The van der Waals surface area contributed by atoms with Gasteiger partial charge < -0.3 is 4.74 Å². The van der Waals surface area contributed by atoms with E-state index in [-0.39, 0.29) is 5.56 Å². The maximum absolute atomic E-state index is 13.4. The largest absolute Gasteiger partial charge is 0.465 e. The topological polar surface area (TPSA) is 39.2 Å². The second-order valence-electron chi connectivity index (χ2n) is 3.20. The Kier molecular flexibility index (Phi) is 3.40. The summed E-state index contributed by atoms with van der Waals surface area (Å²) < 4.78 is 17.9. The van der Waals surface area contributed by atoms with Gasteiger partial charge in [0.1, 0.15) is 16.0 Å². The van der Waals surface area contributed by atoms with Crippen LogP contribution in [0.25, 0.3) is 10.6 Å². The molecule has 6 heteroatoms. The van der Waals surface area contributed by atoms with E-state index in [9.17, 15) is 9.18 Å². The van der Waals surface area contributed by atoms with Crippen LogP contribution in [-0.4, -0.2) is 18.1 Å². The summed E-state index contributed by atoms with van der Waals surface area (Å²) in [6.07, 6.45) is 0. The molecule has 0 fully saturated rings. The molecule has 0 spiro atoms. The lowest BCUT2D eigenvalue weighted by atomic mass is 10.1. The number of methoxy groups -OCH3 is 1. The number of hydrogen-bond donors (Lipinski definition) is 0. The van der Waals surface area contributed by atoms with Gasteiger partial charge in [-0.25, -0.2) is 14.2 Å². The van der Waals surface area contributed by atoms with Gasteiger partial charge in [0.05, 0.1) is 12.7 Å². The van der Waals surface area contributed by atoms with E-state index in [1.54, 1.807) is 5.38 Å². The SMILES string of the molecule is COC(=O)c1cc(F)cc(-c2nc(Cl)cs2)c1. The Balaban J connectivity index is 2.48. The van der Waals surface area contributed by atoms with Gasteiger partial charge in [-0.1, -0.05) is 11.6 Å². The van der Waals surface area contributed by atoms with Crippen molar-refractivity contribution in [3.05, 3.63) is 40.1 Å². The summed E-state index contributed by atoms with van der Waals surface area (Å²) >= 11 is 6.97. The number of esters is 1. The van der Waals surface area contributed by atoms with Crippen LogP contribution >= 0.6 is 22.9 Å². The number of thiazole rings is 1. The van der Waals surface area contributed by atoms with Gasteiger partial charge in [0.15, 0.2) is 0 Å². The average Bonchev–Trinajstić information content (AvgIpc) is 2.74. The average molecular weight is 272 g/mol. The minimum Gasteiger partial charge on any atom is -0.465 e. The van der Waals surface area contributed by atoms with Gasteiger partial charge in [-0.05, 0) is 18.2 Å². The molecule has 0 aliphatic heterocycles. The molecule has 1 aromatic heterocycles. The fourth-order valence-corrected chi connectivity index (χ4v) is 2.27. The zero-order chi connectivity index (χ0) is 12.4. The lowest BCUT2D eigenvalue weighted by molar-refractivity contribution is 0.0600. The third kappa shape index (κ3) is 2.62. The Hall–Kier alpha value is -1.46. The normalized spacial score (nSPS) is 10.3. The second kappa shape index (κ2) is 4.81. The van der Waals surface area contributed by atoms with E-state index in [0.29, 0.717) is 15.7 Å². The molecule has 1 heterocycles. The molecule has 0 bridgehead atoms. The van der Waals surface area contributed by atoms with E-state index in [1.807, 2.05) is 0 Å². The molecular formula is C11H7ClFNO2S. The van der Waals surface area contributed by atoms with Crippen LogP contribution in [0.4, 0.5) is 4.39 Å². The molecule has 2 rings (SSSR count). The molecular weight excluding hydrogens is 265 g/mol. The van der Waals surface area contributed by atoms with Crippen molar-refractivity contribution in [3.8, 4) is 10.6 Å². The molecule has 0 radical (unpaired) electrons. The lowest BCUT2D eigenvalue weighted by Gasteiger charge is -2.02. The number of rotatable bonds is 2. The summed E-state index contributed by atoms with van der Waals surface area (Å²) in [5, 5.41) is 2.54.